The van der Waals surface area contributed by atoms with E-state index in [0.29, 0.717) is 31.6 Å². The average molecular weight is 520 g/mol. The quantitative estimate of drug-likeness (QED) is 0.110. The molecule has 0 aliphatic carbocycles. The Labute approximate surface area is 210 Å². The van der Waals surface area contributed by atoms with Crippen LogP contribution in [0.4, 0.5) is 0 Å². The molecule has 0 aromatic carbocycles. The van der Waals surface area contributed by atoms with E-state index in [-0.39, 0.29) is 25.2 Å². The van der Waals surface area contributed by atoms with Crippen LogP contribution in [-0.4, -0.2) is 82.6 Å². The summed E-state index contributed by atoms with van der Waals surface area (Å²) in [5.41, 5.74) is 11.3. The Morgan fingerprint density at radius 3 is 1.86 bits per heavy atom. The van der Waals surface area contributed by atoms with Gasteiger partial charge in [-0.25, -0.2) is 4.79 Å². The maximum absolute atomic E-state index is 13.0. The fourth-order valence-corrected chi connectivity index (χ4v) is 3.67. The molecule has 0 aromatic heterocycles. The number of thioether (sulfide) groups is 1. The summed E-state index contributed by atoms with van der Waals surface area (Å²) in [7, 11) is 0. The number of hydrogen-bond donors (Lipinski definition) is 7. The minimum absolute atomic E-state index is 0.0142. The number of hydrogen-bond acceptors (Lipinski definition) is 8. The molecule has 0 spiro atoms. The van der Waals surface area contributed by atoms with Gasteiger partial charge in [0.15, 0.2) is 0 Å². The number of nitrogens with two attached hydrogens (primary N) is 2. The first-order chi connectivity index (χ1) is 16.4. The van der Waals surface area contributed by atoms with Gasteiger partial charge in [0.2, 0.25) is 17.7 Å². The smallest absolute Gasteiger partial charge is 0.326 e. The molecule has 0 saturated heterocycles. The summed E-state index contributed by atoms with van der Waals surface area (Å²) >= 11 is 1.44. The first kappa shape index (κ1) is 32.6. The number of nitrogens with one attached hydrogen (secondary N) is 3. The molecular weight excluding hydrogens is 478 g/mol. The number of carbonyl (C=O) groups is 5. The molecule has 4 atom stereocenters. The van der Waals surface area contributed by atoms with E-state index in [2.05, 4.69) is 16.0 Å². The molecule has 0 rings (SSSR count). The highest BCUT2D eigenvalue weighted by Crippen LogP contribution is 2.09. The summed E-state index contributed by atoms with van der Waals surface area (Å²) in [4.78, 5) is 60.9. The molecule has 0 saturated carbocycles. The van der Waals surface area contributed by atoms with Gasteiger partial charge in [-0.3, -0.25) is 19.2 Å². The highest BCUT2D eigenvalue weighted by atomic mass is 32.2. The van der Waals surface area contributed by atoms with E-state index in [1.54, 1.807) is 0 Å². The van der Waals surface area contributed by atoms with E-state index in [4.69, 9.17) is 16.6 Å². The van der Waals surface area contributed by atoms with Crippen LogP contribution in [0.3, 0.4) is 0 Å². The number of aliphatic carboxylic acids is 2. The van der Waals surface area contributed by atoms with Gasteiger partial charge in [0, 0.05) is 6.42 Å². The lowest BCUT2D eigenvalue weighted by Gasteiger charge is -2.25. The third-order valence-corrected chi connectivity index (χ3v) is 5.80. The average Bonchev–Trinajstić information content (AvgIpc) is 2.77. The lowest BCUT2D eigenvalue weighted by molar-refractivity contribution is -0.142. The highest BCUT2D eigenvalue weighted by Gasteiger charge is 2.30. The van der Waals surface area contributed by atoms with E-state index >= 15 is 0 Å². The molecule has 0 bridgehead atoms. The van der Waals surface area contributed by atoms with Crippen LogP contribution in [-0.2, 0) is 24.0 Å². The standard InChI is InChI=1S/C22H41N5O7S/c1-13(2)12-17(22(33)34)27-21(32)16(9-11-35-3)26-20(31)15(7-8-18(28)29)25-19(30)14(24)6-4-5-10-23/h13-17H,4-12,23-24H2,1-3H3,(H,25,30)(H,26,31)(H,27,32)(H,28,29)(H,33,34). The van der Waals surface area contributed by atoms with Crippen molar-refractivity contribution in [3.05, 3.63) is 0 Å². The van der Waals surface area contributed by atoms with Crippen molar-refractivity contribution in [2.75, 3.05) is 18.6 Å². The summed E-state index contributed by atoms with van der Waals surface area (Å²) in [5, 5.41) is 26.0. The lowest BCUT2D eigenvalue weighted by Crippen LogP contribution is -2.57. The van der Waals surface area contributed by atoms with Crippen LogP contribution < -0.4 is 27.4 Å². The third-order valence-electron chi connectivity index (χ3n) is 5.15. The van der Waals surface area contributed by atoms with Crippen molar-refractivity contribution in [1.29, 1.82) is 0 Å². The van der Waals surface area contributed by atoms with Crippen LogP contribution in [0.1, 0.15) is 58.8 Å². The molecule has 0 aliphatic rings. The minimum atomic E-state index is -1.23. The van der Waals surface area contributed by atoms with Gasteiger partial charge in [-0.05, 0) is 56.6 Å². The number of unbranched alkanes of at least 4 members (excludes halogenated alkanes) is 1. The van der Waals surface area contributed by atoms with E-state index in [1.165, 1.54) is 11.8 Å². The Kier molecular flexibility index (Phi) is 16.7. The molecule has 3 amide bonds. The number of carboxylic acid groups (broad SMARTS) is 2. The molecule has 13 heteroatoms. The van der Waals surface area contributed by atoms with Crippen LogP contribution in [0.15, 0.2) is 0 Å². The van der Waals surface area contributed by atoms with Gasteiger partial charge in [-0.1, -0.05) is 20.3 Å². The molecule has 4 unspecified atom stereocenters. The third kappa shape index (κ3) is 14.6. The van der Waals surface area contributed by atoms with Crippen molar-refractivity contribution < 1.29 is 34.2 Å². The number of amides is 3. The lowest BCUT2D eigenvalue weighted by atomic mass is 10.0. The summed E-state index contributed by atoms with van der Waals surface area (Å²) in [6, 6.07) is -4.31. The zero-order chi connectivity index (χ0) is 27.0. The van der Waals surface area contributed by atoms with Gasteiger partial charge < -0.3 is 37.6 Å². The summed E-state index contributed by atoms with van der Waals surface area (Å²) < 4.78 is 0. The molecule has 0 radical (unpaired) electrons. The SMILES string of the molecule is CSCCC(NC(=O)C(CCC(=O)O)NC(=O)C(N)CCCCN)C(=O)NC(CC(C)C)C(=O)O. The Bertz CT molecular complexity index is 708. The molecular formula is C22H41N5O7S. The second kappa shape index (κ2) is 18.0. The van der Waals surface area contributed by atoms with Gasteiger partial charge in [0.25, 0.3) is 0 Å². The Hall–Kier alpha value is -2.38. The largest absolute Gasteiger partial charge is 0.481 e. The molecule has 12 nitrogen and oxygen atoms in total. The Balaban J connectivity index is 5.45. The number of carboxylic acids is 2. The first-order valence-electron chi connectivity index (χ1n) is 11.7. The summed E-state index contributed by atoms with van der Waals surface area (Å²) in [6.07, 6.45) is 3.30. The Morgan fingerprint density at radius 1 is 0.829 bits per heavy atom. The predicted molar refractivity (Wildman–Crippen MR) is 134 cm³/mol. The zero-order valence-corrected chi connectivity index (χ0v) is 21.6. The molecule has 202 valence electrons. The topological polar surface area (TPSA) is 214 Å². The second-order valence-electron chi connectivity index (χ2n) is 8.76. The summed E-state index contributed by atoms with van der Waals surface area (Å²) in [5.74, 6) is -3.84. The molecule has 0 heterocycles. The van der Waals surface area contributed by atoms with Crippen molar-refractivity contribution in [3.63, 3.8) is 0 Å². The maximum atomic E-state index is 13.0. The van der Waals surface area contributed by atoms with Crippen molar-refractivity contribution in [1.82, 2.24) is 16.0 Å². The van der Waals surface area contributed by atoms with Crippen LogP contribution in [0.2, 0.25) is 0 Å². The van der Waals surface area contributed by atoms with Gasteiger partial charge in [0.1, 0.15) is 18.1 Å². The van der Waals surface area contributed by atoms with Crippen molar-refractivity contribution >= 4 is 41.4 Å². The zero-order valence-electron chi connectivity index (χ0n) is 20.7. The molecule has 0 aliphatic heterocycles. The van der Waals surface area contributed by atoms with Crippen LogP contribution in [0, 0.1) is 5.92 Å². The fraction of sp³-hybridized carbons (Fsp3) is 0.773. The van der Waals surface area contributed by atoms with Crippen LogP contribution in [0.5, 0.6) is 0 Å². The molecule has 9 N–H and O–H groups in total. The highest BCUT2D eigenvalue weighted by molar-refractivity contribution is 7.98. The second-order valence-corrected chi connectivity index (χ2v) is 9.74. The van der Waals surface area contributed by atoms with Gasteiger partial charge in [0.05, 0.1) is 6.04 Å². The van der Waals surface area contributed by atoms with E-state index in [9.17, 15) is 29.1 Å². The maximum Gasteiger partial charge on any atom is 0.326 e. The normalized spacial score (nSPS) is 14.5. The fourth-order valence-electron chi connectivity index (χ4n) is 3.20. The molecule has 0 fully saturated rings. The molecule has 0 aromatic rings. The van der Waals surface area contributed by atoms with Gasteiger partial charge in [-0.15, -0.1) is 0 Å². The van der Waals surface area contributed by atoms with E-state index in [0.717, 1.165) is 0 Å². The summed E-state index contributed by atoms with van der Waals surface area (Å²) in [6.45, 7) is 4.11. The number of carbonyl (C=O) groups excluding carboxylic acids is 3. The predicted octanol–water partition coefficient (Wildman–Crippen LogP) is -0.354. The van der Waals surface area contributed by atoms with Crippen molar-refractivity contribution in [2.45, 2.75) is 83.0 Å². The number of rotatable bonds is 19. The van der Waals surface area contributed by atoms with E-state index < -0.39 is 60.2 Å². The van der Waals surface area contributed by atoms with E-state index in [1.807, 2.05) is 20.1 Å². The van der Waals surface area contributed by atoms with Gasteiger partial charge >= 0.3 is 11.9 Å². The minimum Gasteiger partial charge on any atom is -0.481 e. The van der Waals surface area contributed by atoms with Crippen LogP contribution >= 0.6 is 11.8 Å². The monoisotopic (exact) mass is 519 g/mol. The van der Waals surface area contributed by atoms with Crippen molar-refractivity contribution in [2.24, 2.45) is 17.4 Å². The first-order valence-corrected chi connectivity index (χ1v) is 13.1. The van der Waals surface area contributed by atoms with Gasteiger partial charge in [-0.2, -0.15) is 11.8 Å². The van der Waals surface area contributed by atoms with Crippen molar-refractivity contribution in [3.8, 4) is 0 Å². The Morgan fingerprint density at radius 2 is 1.37 bits per heavy atom. The molecule has 35 heavy (non-hydrogen) atoms. The van der Waals surface area contributed by atoms with Crippen LogP contribution in [0.25, 0.3) is 0 Å².